The number of anilines is 1. The maximum Gasteiger partial charge on any atom is 0.250 e. The average Bonchev–Trinajstić information content (AvgIpc) is 2.62. The Kier molecular flexibility index (Phi) is 5.50. The summed E-state index contributed by atoms with van der Waals surface area (Å²) in [5, 5.41) is 0.419. The Hall–Kier alpha value is -2.18. The minimum atomic E-state index is -0.547. The molecule has 0 radical (unpaired) electrons. The highest BCUT2D eigenvalue weighted by atomic mass is 35.5. The van der Waals surface area contributed by atoms with Crippen molar-refractivity contribution in [1.29, 1.82) is 0 Å². The maximum absolute atomic E-state index is 12.9. The SMILES string of the molecule is NC(=O)c1cnc(N2CCC(OCc3ccc(F)cc3)CC2)c(Cl)c1. The van der Waals surface area contributed by atoms with Crippen molar-refractivity contribution in [2.24, 2.45) is 5.73 Å². The van der Waals surface area contributed by atoms with Gasteiger partial charge in [-0.15, -0.1) is 0 Å². The van der Waals surface area contributed by atoms with Crippen molar-refractivity contribution in [3.8, 4) is 0 Å². The number of carbonyl (C=O) groups is 1. The van der Waals surface area contributed by atoms with Gasteiger partial charge in [0.05, 0.1) is 23.3 Å². The molecule has 0 unspecified atom stereocenters. The van der Waals surface area contributed by atoms with Crippen molar-refractivity contribution in [3.05, 3.63) is 58.5 Å². The molecule has 1 fully saturated rings. The molecule has 1 aliphatic heterocycles. The molecule has 1 aromatic heterocycles. The molecule has 2 aromatic rings. The molecule has 7 heteroatoms. The Morgan fingerprint density at radius 2 is 2.00 bits per heavy atom. The quantitative estimate of drug-likeness (QED) is 0.886. The van der Waals surface area contributed by atoms with Crippen molar-refractivity contribution < 1.29 is 13.9 Å². The summed E-state index contributed by atoms with van der Waals surface area (Å²) < 4.78 is 18.8. The summed E-state index contributed by atoms with van der Waals surface area (Å²) >= 11 is 6.22. The van der Waals surface area contributed by atoms with Crippen LogP contribution >= 0.6 is 11.6 Å². The summed E-state index contributed by atoms with van der Waals surface area (Å²) in [6, 6.07) is 7.88. The highest BCUT2D eigenvalue weighted by molar-refractivity contribution is 6.33. The standard InChI is InChI=1S/C18H19ClFN3O2/c19-16-9-13(17(21)24)10-22-18(16)23-7-5-15(6-8-23)25-11-12-1-3-14(20)4-2-12/h1-4,9-10,15H,5-8,11H2,(H2,21,24). The highest BCUT2D eigenvalue weighted by Crippen LogP contribution is 2.27. The van der Waals surface area contributed by atoms with Gasteiger partial charge in [-0.05, 0) is 36.6 Å². The van der Waals surface area contributed by atoms with Gasteiger partial charge >= 0.3 is 0 Å². The van der Waals surface area contributed by atoms with E-state index in [-0.39, 0.29) is 11.9 Å². The van der Waals surface area contributed by atoms with Crippen LogP contribution in [0.5, 0.6) is 0 Å². The zero-order valence-corrected chi connectivity index (χ0v) is 14.4. The molecule has 0 atom stereocenters. The summed E-state index contributed by atoms with van der Waals surface area (Å²) in [5.41, 5.74) is 6.48. The first kappa shape index (κ1) is 17.6. The number of hydrogen-bond acceptors (Lipinski definition) is 4. The predicted octanol–water partition coefficient (Wildman–Crippen LogP) is 3.16. The summed E-state index contributed by atoms with van der Waals surface area (Å²) in [6.07, 6.45) is 3.28. The summed E-state index contributed by atoms with van der Waals surface area (Å²) in [5.74, 6) is -0.138. The lowest BCUT2D eigenvalue weighted by Crippen LogP contribution is -2.37. The van der Waals surface area contributed by atoms with Crippen LogP contribution in [-0.2, 0) is 11.3 Å². The van der Waals surface area contributed by atoms with E-state index in [4.69, 9.17) is 22.1 Å². The molecule has 132 valence electrons. The molecular weight excluding hydrogens is 345 g/mol. The van der Waals surface area contributed by atoms with E-state index in [0.29, 0.717) is 23.0 Å². The molecule has 0 spiro atoms. The smallest absolute Gasteiger partial charge is 0.250 e. The number of halogens is 2. The molecule has 0 aliphatic carbocycles. The van der Waals surface area contributed by atoms with Crippen LogP contribution in [0.15, 0.2) is 36.5 Å². The van der Waals surface area contributed by atoms with Crippen LogP contribution < -0.4 is 10.6 Å². The van der Waals surface area contributed by atoms with Crippen LogP contribution in [0.4, 0.5) is 10.2 Å². The second-order valence-corrected chi connectivity index (χ2v) is 6.42. The van der Waals surface area contributed by atoms with E-state index in [1.54, 1.807) is 18.2 Å². The van der Waals surface area contributed by atoms with Crippen LogP contribution in [0, 0.1) is 5.82 Å². The molecule has 0 saturated carbocycles. The van der Waals surface area contributed by atoms with E-state index in [2.05, 4.69) is 9.88 Å². The summed E-state index contributed by atoms with van der Waals surface area (Å²) in [6.45, 7) is 1.99. The summed E-state index contributed by atoms with van der Waals surface area (Å²) in [4.78, 5) is 17.5. The number of nitrogens with zero attached hydrogens (tertiary/aromatic N) is 2. The predicted molar refractivity (Wildman–Crippen MR) is 94.2 cm³/mol. The molecule has 1 aromatic carbocycles. The van der Waals surface area contributed by atoms with Crippen LogP contribution in [0.1, 0.15) is 28.8 Å². The molecule has 5 nitrogen and oxygen atoms in total. The van der Waals surface area contributed by atoms with Crippen LogP contribution in [0.3, 0.4) is 0 Å². The molecular formula is C18H19ClFN3O2. The Morgan fingerprint density at radius 3 is 2.60 bits per heavy atom. The number of pyridine rings is 1. The highest BCUT2D eigenvalue weighted by Gasteiger charge is 2.22. The third-order valence-electron chi connectivity index (χ3n) is 4.25. The minimum absolute atomic E-state index is 0.143. The Morgan fingerprint density at radius 1 is 1.32 bits per heavy atom. The van der Waals surface area contributed by atoms with Gasteiger partial charge < -0.3 is 15.4 Å². The van der Waals surface area contributed by atoms with E-state index in [1.807, 2.05) is 0 Å². The van der Waals surface area contributed by atoms with Crippen molar-refractivity contribution in [1.82, 2.24) is 4.98 Å². The topological polar surface area (TPSA) is 68.5 Å². The maximum atomic E-state index is 12.9. The van der Waals surface area contributed by atoms with Gasteiger partial charge in [-0.2, -0.15) is 0 Å². The number of piperidine rings is 1. The lowest BCUT2D eigenvalue weighted by molar-refractivity contribution is 0.0250. The molecule has 1 saturated heterocycles. The number of benzene rings is 1. The molecule has 1 amide bonds. The Labute approximate surface area is 150 Å². The first-order valence-electron chi connectivity index (χ1n) is 8.09. The summed E-state index contributed by atoms with van der Waals surface area (Å²) in [7, 11) is 0. The fourth-order valence-corrected chi connectivity index (χ4v) is 3.11. The number of aromatic nitrogens is 1. The number of carbonyl (C=O) groups excluding carboxylic acids is 1. The van der Waals surface area contributed by atoms with Crippen molar-refractivity contribution in [2.75, 3.05) is 18.0 Å². The van der Waals surface area contributed by atoms with E-state index in [1.165, 1.54) is 18.3 Å². The first-order chi connectivity index (χ1) is 12.0. The molecule has 2 N–H and O–H groups in total. The number of rotatable bonds is 5. The number of amides is 1. The normalized spacial score (nSPS) is 15.4. The van der Waals surface area contributed by atoms with Crippen LogP contribution in [-0.4, -0.2) is 30.1 Å². The third kappa shape index (κ3) is 4.46. The zero-order chi connectivity index (χ0) is 17.8. The number of primary amides is 1. The Balaban J connectivity index is 1.53. The number of nitrogens with two attached hydrogens (primary N) is 1. The third-order valence-corrected chi connectivity index (χ3v) is 4.52. The van der Waals surface area contributed by atoms with Gasteiger partial charge in [0.25, 0.3) is 0 Å². The molecule has 25 heavy (non-hydrogen) atoms. The zero-order valence-electron chi connectivity index (χ0n) is 13.6. The Bertz CT molecular complexity index is 746. The molecule has 3 rings (SSSR count). The first-order valence-corrected chi connectivity index (χ1v) is 8.47. The van der Waals surface area contributed by atoms with E-state index >= 15 is 0 Å². The van der Waals surface area contributed by atoms with Crippen molar-refractivity contribution >= 4 is 23.3 Å². The lowest BCUT2D eigenvalue weighted by atomic mass is 10.1. The lowest BCUT2D eigenvalue weighted by Gasteiger charge is -2.33. The fourth-order valence-electron chi connectivity index (χ4n) is 2.83. The van der Waals surface area contributed by atoms with Crippen LogP contribution in [0.2, 0.25) is 5.02 Å². The van der Waals surface area contributed by atoms with E-state index in [0.717, 1.165) is 31.5 Å². The minimum Gasteiger partial charge on any atom is -0.373 e. The van der Waals surface area contributed by atoms with Crippen LogP contribution in [0.25, 0.3) is 0 Å². The largest absolute Gasteiger partial charge is 0.373 e. The van der Waals surface area contributed by atoms with Gasteiger partial charge in [-0.1, -0.05) is 23.7 Å². The van der Waals surface area contributed by atoms with Gasteiger partial charge in [0.15, 0.2) is 0 Å². The second-order valence-electron chi connectivity index (χ2n) is 6.02. The molecule has 1 aliphatic rings. The fraction of sp³-hybridized carbons (Fsp3) is 0.333. The van der Waals surface area contributed by atoms with E-state index < -0.39 is 5.91 Å². The number of hydrogen-bond donors (Lipinski definition) is 1. The van der Waals surface area contributed by atoms with Gasteiger partial charge in [0.2, 0.25) is 5.91 Å². The number of ether oxygens (including phenoxy) is 1. The molecule has 0 bridgehead atoms. The average molecular weight is 364 g/mol. The monoisotopic (exact) mass is 363 g/mol. The van der Waals surface area contributed by atoms with Crippen molar-refractivity contribution in [2.45, 2.75) is 25.6 Å². The van der Waals surface area contributed by atoms with E-state index in [9.17, 15) is 9.18 Å². The van der Waals surface area contributed by atoms with Gasteiger partial charge in [0, 0.05) is 19.3 Å². The van der Waals surface area contributed by atoms with Crippen molar-refractivity contribution in [3.63, 3.8) is 0 Å². The van der Waals surface area contributed by atoms with Gasteiger partial charge in [-0.25, -0.2) is 9.37 Å². The molecule has 2 heterocycles. The van der Waals surface area contributed by atoms with Gasteiger partial charge in [0.1, 0.15) is 11.6 Å². The second kappa shape index (κ2) is 7.80. The van der Waals surface area contributed by atoms with Gasteiger partial charge in [-0.3, -0.25) is 4.79 Å².